The smallest absolute Gasteiger partial charge is 0.259 e. The van der Waals surface area contributed by atoms with Gasteiger partial charge in [0.05, 0.1) is 11.7 Å². The predicted octanol–water partition coefficient (Wildman–Crippen LogP) is 3.95. The fraction of sp³-hybridized carbons (Fsp3) is 0.300. The number of aromatic nitrogens is 1. The van der Waals surface area contributed by atoms with E-state index in [1.54, 1.807) is 37.3 Å². The van der Waals surface area contributed by atoms with Crippen LogP contribution in [0.5, 0.6) is 5.75 Å². The first kappa shape index (κ1) is 16.6. The molecule has 1 saturated heterocycles. The first-order valence-electron chi connectivity index (χ1n) is 8.71. The summed E-state index contributed by atoms with van der Waals surface area (Å²) in [5.74, 6) is 0.919. The van der Waals surface area contributed by atoms with Gasteiger partial charge in [-0.05, 0) is 43.2 Å². The summed E-state index contributed by atoms with van der Waals surface area (Å²) in [5.41, 5.74) is 2.55. The standard InChI is InChI=1S/C20H20N2O4/c1-13-21-17-11-14(8-9-19(17)26-13)22-20(23)16-6-2-3-7-18(16)25-12-15-5-4-10-24-15/h2-3,6-9,11,15H,4-5,10,12H2,1H3,(H,22,23). The first-order valence-corrected chi connectivity index (χ1v) is 8.71. The number of fused-ring (bicyclic) bond motifs is 1. The van der Waals surface area contributed by atoms with Gasteiger partial charge in [-0.1, -0.05) is 12.1 Å². The molecule has 4 rings (SSSR count). The second kappa shape index (κ2) is 7.17. The zero-order valence-electron chi connectivity index (χ0n) is 14.5. The summed E-state index contributed by atoms with van der Waals surface area (Å²) in [4.78, 5) is 17.0. The Hall–Kier alpha value is -2.86. The molecule has 26 heavy (non-hydrogen) atoms. The number of hydrogen-bond acceptors (Lipinski definition) is 5. The molecule has 3 aromatic rings. The van der Waals surface area contributed by atoms with Gasteiger partial charge in [0, 0.05) is 19.2 Å². The summed E-state index contributed by atoms with van der Waals surface area (Å²) >= 11 is 0. The Morgan fingerprint density at radius 1 is 1.31 bits per heavy atom. The summed E-state index contributed by atoms with van der Waals surface area (Å²) in [6.07, 6.45) is 2.15. The Balaban J connectivity index is 1.49. The molecule has 0 aliphatic carbocycles. The van der Waals surface area contributed by atoms with Crippen LogP contribution in [-0.4, -0.2) is 30.2 Å². The number of para-hydroxylation sites is 1. The molecule has 0 radical (unpaired) electrons. The van der Waals surface area contributed by atoms with Crippen LogP contribution in [0.25, 0.3) is 11.1 Å². The van der Waals surface area contributed by atoms with Crippen molar-refractivity contribution < 1.29 is 18.7 Å². The molecule has 2 heterocycles. The van der Waals surface area contributed by atoms with Crippen LogP contribution in [0.2, 0.25) is 0 Å². The summed E-state index contributed by atoms with van der Waals surface area (Å²) < 4.78 is 16.9. The average Bonchev–Trinajstić information content (AvgIpc) is 3.28. The fourth-order valence-electron chi connectivity index (χ4n) is 3.06. The van der Waals surface area contributed by atoms with E-state index < -0.39 is 0 Å². The maximum atomic E-state index is 12.7. The van der Waals surface area contributed by atoms with Crippen LogP contribution < -0.4 is 10.1 Å². The van der Waals surface area contributed by atoms with Crippen molar-refractivity contribution in [2.24, 2.45) is 0 Å². The number of oxazole rings is 1. The highest BCUT2D eigenvalue weighted by Crippen LogP contribution is 2.23. The third-order valence-corrected chi connectivity index (χ3v) is 4.33. The Morgan fingerprint density at radius 2 is 2.19 bits per heavy atom. The molecule has 6 heteroatoms. The van der Waals surface area contributed by atoms with Crippen LogP contribution in [-0.2, 0) is 4.74 Å². The van der Waals surface area contributed by atoms with Gasteiger partial charge < -0.3 is 19.2 Å². The van der Waals surface area contributed by atoms with Crippen LogP contribution in [0.1, 0.15) is 29.1 Å². The van der Waals surface area contributed by atoms with Crippen molar-refractivity contribution in [1.29, 1.82) is 0 Å². The molecule has 1 aliphatic heterocycles. The predicted molar refractivity (Wildman–Crippen MR) is 97.6 cm³/mol. The van der Waals surface area contributed by atoms with Gasteiger partial charge in [0.1, 0.15) is 17.9 Å². The number of hydrogen-bond donors (Lipinski definition) is 1. The number of nitrogens with one attached hydrogen (secondary N) is 1. The zero-order chi connectivity index (χ0) is 17.9. The van der Waals surface area contributed by atoms with E-state index in [1.165, 1.54) is 0 Å². The van der Waals surface area contributed by atoms with Gasteiger partial charge in [0.25, 0.3) is 5.91 Å². The number of ether oxygens (including phenoxy) is 2. The Kier molecular flexibility index (Phi) is 4.58. The zero-order valence-corrected chi connectivity index (χ0v) is 14.5. The molecule has 0 spiro atoms. The molecule has 1 amide bonds. The topological polar surface area (TPSA) is 73.6 Å². The minimum atomic E-state index is -0.229. The van der Waals surface area contributed by atoms with E-state index >= 15 is 0 Å². The summed E-state index contributed by atoms with van der Waals surface area (Å²) in [6, 6.07) is 12.6. The van der Waals surface area contributed by atoms with Crippen molar-refractivity contribution in [3.8, 4) is 5.75 Å². The molecular formula is C20H20N2O4. The number of benzene rings is 2. The second-order valence-corrected chi connectivity index (χ2v) is 6.31. The summed E-state index contributed by atoms with van der Waals surface area (Å²) in [7, 11) is 0. The van der Waals surface area contributed by atoms with Crippen LogP contribution in [0.3, 0.4) is 0 Å². The molecule has 1 fully saturated rings. The highest BCUT2D eigenvalue weighted by molar-refractivity contribution is 6.06. The van der Waals surface area contributed by atoms with Crippen molar-refractivity contribution in [2.75, 3.05) is 18.5 Å². The SMILES string of the molecule is Cc1nc2cc(NC(=O)c3ccccc3OCC3CCCO3)ccc2o1. The van der Waals surface area contributed by atoms with Gasteiger partial charge in [0.15, 0.2) is 11.5 Å². The van der Waals surface area contributed by atoms with E-state index in [2.05, 4.69) is 10.3 Å². The number of aryl methyl sites for hydroxylation is 1. The van der Waals surface area contributed by atoms with Gasteiger partial charge in [-0.2, -0.15) is 0 Å². The quantitative estimate of drug-likeness (QED) is 0.753. The van der Waals surface area contributed by atoms with E-state index in [-0.39, 0.29) is 12.0 Å². The van der Waals surface area contributed by atoms with Crippen molar-refractivity contribution >= 4 is 22.7 Å². The number of carbonyl (C=O) groups is 1. The molecule has 134 valence electrons. The molecule has 1 N–H and O–H groups in total. The van der Waals surface area contributed by atoms with Crippen molar-refractivity contribution in [2.45, 2.75) is 25.9 Å². The Bertz CT molecular complexity index is 928. The summed E-state index contributed by atoms with van der Waals surface area (Å²) in [6.45, 7) is 3.02. The number of anilines is 1. The molecule has 1 aromatic heterocycles. The van der Waals surface area contributed by atoms with E-state index in [1.807, 2.05) is 12.1 Å². The van der Waals surface area contributed by atoms with Crippen LogP contribution in [0, 0.1) is 6.92 Å². The molecule has 6 nitrogen and oxygen atoms in total. The molecule has 0 bridgehead atoms. The maximum absolute atomic E-state index is 12.7. The normalized spacial score (nSPS) is 16.7. The minimum Gasteiger partial charge on any atom is -0.490 e. The van der Waals surface area contributed by atoms with Gasteiger partial charge in [-0.3, -0.25) is 4.79 Å². The highest BCUT2D eigenvalue weighted by Gasteiger charge is 2.18. The Labute approximate surface area is 151 Å². The summed E-state index contributed by atoms with van der Waals surface area (Å²) in [5, 5.41) is 2.90. The third-order valence-electron chi connectivity index (χ3n) is 4.33. The molecule has 1 atom stereocenters. The second-order valence-electron chi connectivity index (χ2n) is 6.31. The van der Waals surface area contributed by atoms with Crippen LogP contribution in [0.15, 0.2) is 46.9 Å². The van der Waals surface area contributed by atoms with E-state index in [0.717, 1.165) is 19.4 Å². The lowest BCUT2D eigenvalue weighted by Gasteiger charge is -2.14. The first-order chi connectivity index (χ1) is 12.7. The largest absolute Gasteiger partial charge is 0.490 e. The lowest BCUT2D eigenvalue weighted by atomic mass is 10.1. The van der Waals surface area contributed by atoms with Crippen molar-refractivity contribution in [1.82, 2.24) is 4.98 Å². The number of carbonyl (C=O) groups excluding carboxylic acids is 1. The van der Waals surface area contributed by atoms with E-state index in [4.69, 9.17) is 13.9 Å². The van der Waals surface area contributed by atoms with Crippen molar-refractivity contribution in [3.63, 3.8) is 0 Å². The van der Waals surface area contributed by atoms with Crippen LogP contribution >= 0.6 is 0 Å². The third kappa shape index (κ3) is 3.55. The number of amides is 1. The average molecular weight is 352 g/mol. The fourth-order valence-corrected chi connectivity index (χ4v) is 3.06. The molecule has 1 aliphatic rings. The maximum Gasteiger partial charge on any atom is 0.259 e. The molecule has 1 unspecified atom stereocenters. The van der Waals surface area contributed by atoms with E-state index in [9.17, 15) is 4.79 Å². The van der Waals surface area contributed by atoms with Crippen molar-refractivity contribution in [3.05, 3.63) is 53.9 Å². The minimum absolute atomic E-state index is 0.101. The van der Waals surface area contributed by atoms with E-state index in [0.29, 0.717) is 40.6 Å². The highest BCUT2D eigenvalue weighted by atomic mass is 16.5. The van der Waals surface area contributed by atoms with Crippen LogP contribution in [0.4, 0.5) is 5.69 Å². The Morgan fingerprint density at radius 3 is 3.04 bits per heavy atom. The lowest BCUT2D eigenvalue weighted by Crippen LogP contribution is -2.19. The molecule has 2 aromatic carbocycles. The van der Waals surface area contributed by atoms with Gasteiger partial charge in [-0.25, -0.2) is 4.98 Å². The molecular weight excluding hydrogens is 332 g/mol. The van der Waals surface area contributed by atoms with Gasteiger partial charge >= 0.3 is 0 Å². The number of nitrogens with zero attached hydrogens (tertiary/aromatic N) is 1. The lowest BCUT2D eigenvalue weighted by molar-refractivity contribution is 0.0673. The van der Waals surface area contributed by atoms with Gasteiger partial charge in [-0.15, -0.1) is 0 Å². The number of rotatable bonds is 5. The van der Waals surface area contributed by atoms with Gasteiger partial charge in [0.2, 0.25) is 0 Å². The molecule has 0 saturated carbocycles. The monoisotopic (exact) mass is 352 g/mol.